The quantitative estimate of drug-likeness (QED) is 0.720. The van der Waals surface area contributed by atoms with Gasteiger partial charge in [0.1, 0.15) is 17.1 Å². The second kappa shape index (κ2) is 3.09. The van der Waals surface area contributed by atoms with Crippen LogP contribution in [0, 0.1) is 0 Å². The van der Waals surface area contributed by atoms with E-state index < -0.39 is 16.0 Å². The zero-order valence-corrected chi connectivity index (χ0v) is 7.92. The smallest absolute Gasteiger partial charge is 0.309 e. The predicted octanol–water partition coefficient (Wildman–Crippen LogP) is 2.23. The Morgan fingerprint density at radius 2 is 2.00 bits per heavy atom. The molecule has 0 bridgehead atoms. The maximum atomic E-state index is 12.3. The first-order valence-electron chi connectivity index (χ1n) is 3.94. The zero-order chi connectivity index (χ0) is 10.2. The van der Waals surface area contributed by atoms with Crippen LogP contribution >= 0.6 is 0 Å². The van der Waals surface area contributed by atoms with E-state index in [2.05, 4.69) is 0 Å². The van der Waals surface area contributed by atoms with Crippen molar-refractivity contribution >= 4 is 21.2 Å². The van der Waals surface area contributed by atoms with Crippen molar-refractivity contribution in [3.8, 4) is 0 Å². The lowest BCUT2D eigenvalue weighted by molar-refractivity contribution is 0.528. The minimum atomic E-state index is -4.52. The number of hydrogen-bond donors (Lipinski definition) is 0. The Kier molecular flexibility index (Phi) is 2.03. The summed E-state index contributed by atoms with van der Waals surface area (Å²) >= 11 is 0. The van der Waals surface area contributed by atoms with Gasteiger partial charge in [-0.25, -0.2) is 0 Å². The summed E-state index contributed by atoms with van der Waals surface area (Å²) in [6, 6.07) is 8.55. The standard InChI is InChI=1S/C9H7FO3S/c10-14(11,12)6-8-5-7-3-1-2-4-9(7)13-8/h1-5H,6H2. The molecule has 1 heterocycles. The summed E-state index contributed by atoms with van der Waals surface area (Å²) in [5, 5.41) is 0.770. The first-order chi connectivity index (χ1) is 6.54. The van der Waals surface area contributed by atoms with Crippen molar-refractivity contribution in [1.82, 2.24) is 0 Å². The highest BCUT2D eigenvalue weighted by molar-refractivity contribution is 7.85. The summed E-state index contributed by atoms with van der Waals surface area (Å²) in [6.45, 7) is 0. The molecule has 0 N–H and O–H groups in total. The number of benzene rings is 1. The predicted molar refractivity (Wildman–Crippen MR) is 49.9 cm³/mol. The fourth-order valence-electron chi connectivity index (χ4n) is 1.28. The van der Waals surface area contributed by atoms with E-state index in [1.54, 1.807) is 24.3 Å². The van der Waals surface area contributed by atoms with E-state index in [4.69, 9.17) is 4.42 Å². The van der Waals surface area contributed by atoms with Gasteiger partial charge < -0.3 is 4.42 Å². The van der Waals surface area contributed by atoms with Gasteiger partial charge in [-0.1, -0.05) is 18.2 Å². The minimum absolute atomic E-state index is 0.119. The highest BCUT2D eigenvalue weighted by Gasteiger charge is 2.12. The van der Waals surface area contributed by atoms with E-state index in [-0.39, 0.29) is 5.76 Å². The summed E-state index contributed by atoms with van der Waals surface area (Å²) in [5.74, 6) is -0.587. The van der Waals surface area contributed by atoms with Crippen LogP contribution in [0.25, 0.3) is 11.0 Å². The molecule has 0 radical (unpaired) electrons. The van der Waals surface area contributed by atoms with Gasteiger partial charge >= 0.3 is 10.2 Å². The summed E-state index contributed by atoms with van der Waals surface area (Å²) in [4.78, 5) is 0. The number of fused-ring (bicyclic) bond motifs is 1. The zero-order valence-electron chi connectivity index (χ0n) is 7.10. The van der Waals surface area contributed by atoms with E-state index in [1.807, 2.05) is 0 Å². The Morgan fingerprint density at radius 1 is 1.29 bits per heavy atom. The van der Waals surface area contributed by atoms with Crippen LogP contribution in [0.4, 0.5) is 3.89 Å². The van der Waals surface area contributed by atoms with E-state index in [9.17, 15) is 12.3 Å². The summed E-state index contributed by atoms with van der Waals surface area (Å²) in [6.07, 6.45) is 0. The molecule has 0 aliphatic rings. The highest BCUT2D eigenvalue weighted by atomic mass is 32.3. The molecule has 74 valence electrons. The molecule has 2 rings (SSSR count). The lowest BCUT2D eigenvalue weighted by Gasteiger charge is -1.88. The highest BCUT2D eigenvalue weighted by Crippen LogP contribution is 2.20. The summed E-state index contributed by atoms with van der Waals surface area (Å²) in [5.41, 5.74) is 0.561. The average molecular weight is 214 g/mol. The Balaban J connectivity index is 2.46. The van der Waals surface area contributed by atoms with Crippen LogP contribution in [-0.2, 0) is 16.0 Å². The van der Waals surface area contributed by atoms with E-state index >= 15 is 0 Å². The van der Waals surface area contributed by atoms with Crippen molar-refractivity contribution in [2.75, 3.05) is 0 Å². The third-order valence-electron chi connectivity index (χ3n) is 1.79. The van der Waals surface area contributed by atoms with E-state index in [1.165, 1.54) is 6.07 Å². The second-order valence-electron chi connectivity index (χ2n) is 2.93. The fourth-order valence-corrected chi connectivity index (χ4v) is 1.76. The third-order valence-corrected chi connectivity index (χ3v) is 2.42. The average Bonchev–Trinajstić information content (AvgIpc) is 2.42. The number of para-hydroxylation sites is 1. The van der Waals surface area contributed by atoms with E-state index in [0.717, 1.165) is 5.39 Å². The molecule has 14 heavy (non-hydrogen) atoms. The van der Waals surface area contributed by atoms with E-state index in [0.29, 0.717) is 5.58 Å². The number of rotatable bonds is 2. The number of furan rings is 1. The molecule has 0 unspecified atom stereocenters. The van der Waals surface area contributed by atoms with Crippen LogP contribution < -0.4 is 0 Å². The molecular formula is C9H7FO3S. The first kappa shape index (κ1) is 9.21. The van der Waals surface area contributed by atoms with Crippen molar-refractivity contribution in [3.05, 3.63) is 36.1 Å². The van der Waals surface area contributed by atoms with Crippen molar-refractivity contribution in [3.63, 3.8) is 0 Å². The van der Waals surface area contributed by atoms with Gasteiger partial charge in [0, 0.05) is 5.39 Å². The molecule has 0 spiro atoms. The molecule has 0 aliphatic carbocycles. The summed E-state index contributed by atoms with van der Waals surface area (Å²) in [7, 11) is -4.52. The van der Waals surface area contributed by atoms with Crippen LogP contribution in [0.2, 0.25) is 0 Å². The lowest BCUT2D eigenvalue weighted by Crippen LogP contribution is -1.93. The van der Waals surface area contributed by atoms with Gasteiger partial charge in [-0.3, -0.25) is 0 Å². The SMILES string of the molecule is O=S(=O)(F)Cc1cc2ccccc2o1. The van der Waals surface area contributed by atoms with Gasteiger partial charge in [0.15, 0.2) is 0 Å². The van der Waals surface area contributed by atoms with Crippen molar-refractivity contribution in [2.24, 2.45) is 0 Å². The van der Waals surface area contributed by atoms with Crippen molar-refractivity contribution < 1.29 is 16.7 Å². The second-order valence-corrected chi connectivity index (χ2v) is 4.30. The lowest BCUT2D eigenvalue weighted by atomic mass is 10.2. The van der Waals surface area contributed by atoms with Crippen molar-refractivity contribution in [2.45, 2.75) is 5.75 Å². The molecular weight excluding hydrogens is 207 g/mol. The molecule has 0 atom stereocenters. The third kappa shape index (κ3) is 1.93. The van der Waals surface area contributed by atoms with Crippen molar-refractivity contribution in [1.29, 1.82) is 0 Å². The molecule has 1 aromatic carbocycles. The molecule has 2 aromatic rings. The summed E-state index contributed by atoms with van der Waals surface area (Å²) < 4.78 is 38.1. The van der Waals surface area contributed by atoms with Gasteiger partial charge in [-0.2, -0.15) is 8.42 Å². The van der Waals surface area contributed by atoms with Gasteiger partial charge in [0.05, 0.1) is 0 Å². The maximum Gasteiger partial charge on any atom is 0.309 e. The normalized spacial score (nSPS) is 12.1. The van der Waals surface area contributed by atoms with Gasteiger partial charge in [0.25, 0.3) is 0 Å². The van der Waals surface area contributed by atoms with Crippen LogP contribution in [-0.4, -0.2) is 8.42 Å². The molecule has 0 saturated heterocycles. The minimum Gasteiger partial charge on any atom is -0.460 e. The molecule has 5 heteroatoms. The number of halogens is 1. The monoisotopic (exact) mass is 214 g/mol. The molecule has 0 saturated carbocycles. The maximum absolute atomic E-state index is 12.3. The van der Waals surface area contributed by atoms with Crippen LogP contribution in [0.5, 0.6) is 0 Å². The largest absolute Gasteiger partial charge is 0.460 e. The molecule has 0 fully saturated rings. The Hall–Kier alpha value is -1.36. The molecule has 0 amide bonds. The molecule has 3 nitrogen and oxygen atoms in total. The topological polar surface area (TPSA) is 47.3 Å². The van der Waals surface area contributed by atoms with Gasteiger partial charge in [0.2, 0.25) is 0 Å². The number of hydrogen-bond acceptors (Lipinski definition) is 3. The Bertz CT molecular complexity index is 523. The first-order valence-corrected chi connectivity index (χ1v) is 5.50. The van der Waals surface area contributed by atoms with Gasteiger partial charge in [-0.15, -0.1) is 3.89 Å². The molecule has 0 aliphatic heterocycles. The van der Waals surface area contributed by atoms with Crippen LogP contribution in [0.15, 0.2) is 34.7 Å². The Morgan fingerprint density at radius 3 is 2.64 bits per heavy atom. The Labute approximate surface area is 80.4 Å². The van der Waals surface area contributed by atoms with Crippen LogP contribution in [0.1, 0.15) is 5.76 Å². The van der Waals surface area contributed by atoms with Crippen LogP contribution in [0.3, 0.4) is 0 Å². The fraction of sp³-hybridized carbons (Fsp3) is 0.111. The van der Waals surface area contributed by atoms with Gasteiger partial charge in [-0.05, 0) is 12.1 Å². The molecule has 1 aromatic heterocycles.